The van der Waals surface area contributed by atoms with E-state index in [0.717, 1.165) is 0 Å². The summed E-state index contributed by atoms with van der Waals surface area (Å²) in [5.74, 6) is 0. The molecule has 2 heteroatoms. The van der Waals surface area contributed by atoms with E-state index in [4.69, 9.17) is 11.2 Å². The lowest BCUT2D eigenvalue weighted by atomic mass is 10.4. The van der Waals surface area contributed by atoms with E-state index >= 15 is 0 Å². The Labute approximate surface area is 92.8 Å². The molecule has 0 unspecified atom stereocenters. The molecule has 0 radical (unpaired) electrons. The molecule has 1 rings (SSSR count). The number of halogens is 1. The van der Waals surface area contributed by atoms with Crippen molar-refractivity contribution in [3.8, 4) is 0 Å². The quantitative estimate of drug-likeness (QED) is 0.661. The van der Waals surface area contributed by atoms with Crippen LogP contribution in [0.5, 0.6) is 0 Å². The van der Waals surface area contributed by atoms with Crippen molar-refractivity contribution in [2.45, 2.75) is 26.7 Å². The molecule has 0 heterocycles. The predicted molar refractivity (Wildman–Crippen MR) is 69.2 cm³/mol. The lowest BCUT2D eigenvalue weighted by molar-refractivity contribution is 1.05. The first-order valence-corrected chi connectivity index (χ1v) is 8.41. The first-order chi connectivity index (χ1) is 6.73. The monoisotopic (exact) mass is 229 g/mol. The van der Waals surface area contributed by atoms with Crippen molar-refractivity contribution in [2.24, 2.45) is 0 Å². The summed E-state index contributed by atoms with van der Waals surface area (Å²) in [4.78, 5) is 0. The number of benzene rings is 1. The summed E-state index contributed by atoms with van der Waals surface area (Å²) < 4.78 is 0. The van der Waals surface area contributed by atoms with E-state index in [1.165, 1.54) is 30.5 Å². The third-order valence-corrected chi connectivity index (χ3v) is 7.51. The largest absolute Gasteiger partial charge is 0.146 e. The van der Waals surface area contributed by atoms with Gasteiger partial charge in [0.2, 0.25) is 0 Å². The van der Waals surface area contributed by atoms with Crippen LogP contribution in [0.25, 0.3) is 0 Å². The van der Waals surface area contributed by atoms with Gasteiger partial charge in [-0.3, -0.25) is 0 Å². The van der Waals surface area contributed by atoms with E-state index < -0.39 is 6.62 Å². The zero-order valence-electron chi connectivity index (χ0n) is 9.04. The van der Waals surface area contributed by atoms with Crippen LogP contribution in [0, 0.1) is 0 Å². The maximum atomic E-state index is 6.78. The van der Waals surface area contributed by atoms with Crippen LogP contribution in [0.1, 0.15) is 26.7 Å². The maximum absolute atomic E-state index is 6.78. The van der Waals surface area contributed by atoms with Crippen LogP contribution in [0.2, 0.25) is 0 Å². The summed E-state index contributed by atoms with van der Waals surface area (Å²) in [6.45, 7) is 3.09. The summed E-state index contributed by atoms with van der Waals surface area (Å²) >= 11 is 6.78. The molecule has 0 aliphatic heterocycles. The molecule has 14 heavy (non-hydrogen) atoms. The predicted octanol–water partition coefficient (Wildman–Crippen LogP) is 4.30. The molecular formula is C12H19ClP+. The Kier molecular flexibility index (Phi) is 4.92. The molecule has 0 bridgehead atoms. The molecule has 0 atom stereocenters. The average molecular weight is 230 g/mol. The summed E-state index contributed by atoms with van der Waals surface area (Å²) in [5.41, 5.74) is 0. The van der Waals surface area contributed by atoms with Crippen molar-refractivity contribution in [3.05, 3.63) is 30.3 Å². The highest BCUT2D eigenvalue weighted by molar-refractivity contribution is 8.04. The Bertz CT molecular complexity index is 252. The highest BCUT2D eigenvalue weighted by atomic mass is 35.7. The number of rotatable bonds is 5. The first kappa shape index (κ1) is 12.0. The fourth-order valence-corrected chi connectivity index (χ4v) is 5.99. The van der Waals surface area contributed by atoms with Gasteiger partial charge in [-0.15, -0.1) is 0 Å². The van der Waals surface area contributed by atoms with Crippen molar-refractivity contribution in [3.63, 3.8) is 0 Å². The Hall–Kier alpha value is -0.0600. The average Bonchev–Trinajstić information content (AvgIpc) is 2.20. The molecule has 0 fully saturated rings. The third kappa shape index (κ3) is 2.97. The van der Waals surface area contributed by atoms with E-state index in [2.05, 4.69) is 44.2 Å². The summed E-state index contributed by atoms with van der Waals surface area (Å²) in [7, 11) is 0. The SMILES string of the molecule is CCC[P+](Cl)(CCC)c1ccccc1. The minimum atomic E-state index is -1.35. The molecule has 1 aromatic rings. The number of hydrogen-bond donors (Lipinski definition) is 0. The topological polar surface area (TPSA) is 0 Å². The normalized spacial score (nSPS) is 11.6. The zero-order chi connectivity index (χ0) is 10.4. The smallest absolute Gasteiger partial charge is 0.0620 e. The van der Waals surface area contributed by atoms with Gasteiger partial charge in [0.05, 0.1) is 23.6 Å². The lowest BCUT2D eigenvalue weighted by Gasteiger charge is -2.17. The van der Waals surface area contributed by atoms with Crippen LogP contribution in [0.15, 0.2) is 30.3 Å². The van der Waals surface area contributed by atoms with Crippen LogP contribution >= 0.6 is 17.9 Å². The number of hydrogen-bond acceptors (Lipinski definition) is 0. The van der Waals surface area contributed by atoms with Crippen molar-refractivity contribution in [1.82, 2.24) is 0 Å². The summed E-state index contributed by atoms with van der Waals surface area (Å²) in [6, 6.07) is 10.6. The molecule has 0 nitrogen and oxygen atoms in total. The van der Waals surface area contributed by atoms with Gasteiger partial charge in [0.1, 0.15) is 11.9 Å². The van der Waals surface area contributed by atoms with Crippen molar-refractivity contribution >= 4 is 23.2 Å². The van der Waals surface area contributed by atoms with E-state index in [-0.39, 0.29) is 0 Å². The molecule has 0 aromatic heterocycles. The van der Waals surface area contributed by atoms with Gasteiger partial charge in [-0.05, 0) is 25.0 Å². The molecule has 0 amide bonds. The standard InChI is InChI=1S/C12H19ClP/c1-3-10-14(13,11-4-2)12-8-6-5-7-9-12/h5-9H,3-4,10-11H2,1-2H3/q+1. The highest BCUT2D eigenvalue weighted by Crippen LogP contribution is 2.63. The highest BCUT2D eigenvalue weighted by Gasteiger charge is 2.36. The summed E-state index contributed by atoms with van der Waals surface area (Å²) in [6.07, 6.45) is 4.72. The van der Waals surface area contributed by atoms with Crippen molar-refractivity contribution < 1.29 is 0 Å². The van der Waals surface area contributed by atoms with Crippen LogP contribution in [-0.4, -0.2) is 12.3 Å². The van der Waals surface area contributed by atoms with Gasteiger partial charge >= 0.3 is 0 Å². The first-order valence-electron chi connectivity index (χ1n) is 5.35. The van der Waals surface area contributed by atoms with Crippen LogP contribution < -0.4 is 5.30 Å². The van der Waals surface area contributed by atoms with Crippen molar-refractivity contribution in [2.75, 3.05) is 12.3 Å². The second-order valence-corrected chi connectivity index (χ2v) is 8.73. The molecular weight excluding hydrogens is 211 g/mol. The van der Waals surface area contributed by atoms with Gasteiger partial charge in [-0.2, -0.15) is 0 Å². The van der Waals surface area contributed by atoms with Gasteiger partial charge in [-0.25, -0.2) is 0 Å². The Morgan fingerprint density at radius 1 is 1.00 bits per heavy atom. The van der Waals surface area contributed by atoms with Gasteiger partial charge < -0.3 is 0 Å². The van der Waals surface area contributed by atoms with Crippen LogP contribution in [-0.2, 0) is 0 Å². The lowest BCUT2D eigenvalue weighted by Crippen LogP contribution is -2.12. The minimum Gasteiger partial charge on any atom is -0.0620 e. The second-order valence-electron chi connectivity index (χ2n) is 3.65. The third-order valence-electron chi connectivity index (χ3n) is 2.38. The fourth-order valence-electron chi connectivity index (χ4n) is 1.77. The Balaban J connectivity index is 2.87. The Morgan fingerprint density at radius 3 is 1.93 bits per heavy atom. The van der Waals surface area contributed by atoms with Gasteiger partial charge in [0.15, 0.2) is 0 Å². The zero-order valence-corrected chi connectivity index (χ0v) is 10.7. The van der Waals surface area contributed by atoms with Crippen LogP contribution in [0.4, 0.5) is 0 Å². The van der Waals surface area contributed by atoms with E-state index in [1.807, 2.05) is 0 Å². The van der Waals surface area contributed by atoms with E-state index in [9.17, 15) is 0 Å². The molecule has 0 N–H and O–H groups in total. The second kappa shape index (κ2) is 5.73. The van der Waals surface area contributed by atoms with E-state index in [0.29, 0.717) is 0 Å². The van der Waals surface area contributed by atoms with Gasteiger partial charge in [-0.1, -0.05) is 32.0 Å². The molecule has 78 valence electrons. The van der Waals surface area contributed by atoms with E-state index in [1.54, 1.807) is 0 Å². The summed E-state index contributed by atoms with van der Waals surface area (Å²) in [5, 5.41) is 1.38. The molecule has 0 saturated carbocycles. The van der Waals surface area contributed by atoms with Gasteiger partial charge in [0, 0.05) is 0 Å². The Morgan fingerprint density at radius 2 is 1.50 bits per heavy atom. The fraction of sp³-hybridized carbons (Fsp3) is 0.500. The molecule has 0 saturated heterocycles. The molecule has 0 aliphatic rings. The van der Waals surface area contributed by atoms with Gasteiger partial charge in [0.25, 0.3) is 0 Å². The molecule has 0 spiro atoms. The van der Waals surface area contributed by atoms with Crippen LogP contribution in [0.3, 0.4) is 0 Å². The maximum Gasteiger partial charge on any atom is 0.146 e. The minimum absolute atomic E-state index is 1.17. The molecule has 0 aliphatic carbocycles. The van der Waals surface area contributed by atoms with Crippen molar-refractivity contribution in [1.29, 1.82) is 0 Å². The molecule has 1 aromatic carbocycles.